The van der Waals surface area contributed by atoms with Gasteiger partial charge < -0.3 is 10.4 Å². The van der Waals surface area contributed by atoms with Gasteiger partial charge in [-0.3, -0.25) is 4.79 Å². The molecule has 2 N–H and O–H groups in total. The monoisotopic (exact) mass is 324 g/mol. The molecule has 1 unspecified atom stereocenters. The molecule has 0 radical (unpaired) electrons. The van der Waals surface area contributed by atoms with Crippen molar-refractivity contribution < 1.29 is 27.9 Å². The second-order valence-electron chi connectivity index (χ2n) is 4.41. The van der Waals surface area contributed by atoms with Crippen LogP contribution in [0.15, 0.2) is 12.1 Å². The van der Waals surface area contributed by atoms with E-state index in [9.17, 15) is 22.8 Å². The standard InChI is InChI=1S/C12H12ClF3N2O3/c1-3-7-4-6(5-8(13)17-7)9(19)18-11(2,10(20)21)12(14,15)16/h4-5H,3H2,1-2H3,(H,18,19)(H,20,21). The number of aliphatic carboxylic acids is 1. The number of nitrogens with one attached hydrogen (secondary N) is 1. The van der Waals surface area contributed by atoms with Crippen LogP contribution in [0, 0.1) is 0 Å². The SMILES string of the molecule is CCc1cc(C(=O)NC(C)(C(=O)O)C(F)(F)F)cc(Cl)n1. The lowest BCUT2D eigenvalue weighted by molar-refractivity contribution is -0.203. The number of alkyl halides is 3. The van der Waals surface area contributed by atoms with Crippen LogP contribution in [0.1, 0.15) is 29.9 Å². The van der Waals surface area contributed by atoms with E-state index in [4.69, 9.17) is 16.7 Å². The van der Waals surface area contributed by atoms with Gasteiger partial charge in [-0.05, 0) is 25.5 Å². The molecule has 0 saturated carbocycles. The summed E-state index contributed by atoms with van der Waals surface area (Å²) < 4.78 is 38.5. The normalized spacial score (nSPS) is 14.4. The van der Waals surface area contributed by atoms with Crippen LogP contribution >= 0.6 is 11.6 Å². The second-order valence-corrected chi connectivity index (χ2v) is 4.79. The van der Waals surface area contributed by atoms with Gasteiger partial charge in [0, 0.05) is 11.3 Å². The molecule has 21 heavy (non-hydrogen) atoms. The first-order valence-electron chi connectivity index (χ1n) is 5.80. The Balaban J connectivity index is 3.15. The van der Waals surface area contributed by atoms with Gasteiger partial charge in [-0.15, -0.1) is 0 Å². The van der Waals surface area contributed by atoms with Crippen LogP contribution in [-0.2, 0) is 11.2 Å². The first kappa shape index (κ1) is 17.2. The molecule has 1 aromatic heterocycles. The van der Waals surface area contributed by atoms with Crippen LogP contribution in [0.4, 0.5) is 13.2 Å². The summed E-state index contributed by atoms with van der Waals surface area (Å²) in [6.45, 7) is 2.09. The van der Waals surface area contributed by atoms with E-state index in [0.29, 0.717) is 19.0 Å². The average molecular weight is 325 g/mol. The van der Waals surface area contributed by atoms with Crippen molar-refractivity contribution in [2.45, 2.75) is 32.0 Å². The highest BCUT2D eigenvalue weighted by molar-refractivity contribution is 6.29. The first-order valence-corrected chi connectivity index (χ1v) is 6.18. The third-order valence-corrected chi connectivity index (χ3v) is 3.02. The quantitative estimate of drug-likeness (QED) is 0.834. The predicted octanol–water partition coefficient (Wildman–Crippen LogP) is 2.43. The van der Waals surface area contributed by atoms with Crippen molar-refractivity contribution in [3.05, 3.63) is 28.5 Å². The molecule has 0 aliphatic heterocycles. The Labute approximate surface area is 123 Å². The van der Waals surface area contributed by atoms with Crippen molar-refractivity contribution >= 4 is 23.5 Å². The molecule has 1 rings (SSSR count). The summed E-state index contributed by atoms with van der Waals surface area (Å²) in [6.07, 6.45) is -4.74. The van der Waals surface area contributed by atoms with Gasteiger partial charge in [-0.25, -0.2) is 9.78 Å². The number of halogens is 4. The number of amides is 1. The molecule has 0 fully saturated rings. The number of hydrogen-bond donors (Lipinski definition) is 2. The summed E-state index contributed by atoms with van der Waals surface area (Å²) in [7, 11) is 0. The molecule has 0 saturated heterocycles. The topological polar surface area (TPSA) is 79.3 Å². The third-order valence-electron chi connectivity index (χ3n) is 2.83. The van der Waals surface area contributed by atoms with Crippen LogP contribution in [0.2, 0.25) is 5.15 Å². The molecule has 116 valence electrons. The van der Waals surface area contributed by atoms with Gasteiger partial charge in [0.2, 0.25) is 5.54 Å². The molecule has 0 aromatic carbocycles. The smallest absolute Gasteiger partial charge is 0.422 e. The molecule has 0 aliphatic carbocycles. The Morgan fingerprint density at radius 2 is 1.95 bits per heavy atom. The van der Waals surface area contributed by atoms with Gasteiger partial charge in [-0.2, -0.15) is 13.2 Å². The predicted molar refractivity (Wildman–Crippen MR) is 68.2 cm³/mol. The summed E-state index contributed by atoms with van der Waals surface area (Å²) in [4.78, 5) is 26.6. The fraction of sp³-hybridized carbons (Fsp3) is 0.417. The van der Waals surface area contributed by atoms with Crippen LogP contribution < -0.4 is 5.32 Å². The second kappa shape index (κ2) is 5.88. The molecular formula is C12H12ClF3N2O3. The number of hydrogen-bond acceptors (Lipinski definition) is 3. The number of carboxylic acids is 1. The molecular weight excluding hydrogens is 313 g/mol. The van der Waals surface area contributed by atoms with Crippen molar-refractivity contribution in [2.75, 3.05) is 0 Å². The minimum Gasteiger partial charge on any atom is -0.479 e. The maximum absolute atomic E-state index is 12.8. The van der Waals surface area contributed by atoms with Crippen molar-refractivity contribution in [3.63, 3.8) is 0 Å². The lowest BCUT2D eigenvalue weighted by Gasteiger charge is -2.28. The van der Waals surface area contributed by atoms with E-state index in [0.717, 1.165) is 6.07 Å². The number of aryl methyl sites for hydroxylation is 1. The van der Waals surface area contributed by atoms with Crippen LogP contribution in [0.3, 0.4) is 0 Å². The van der Waals surface area contributed by atoms with Crippen molar-refractivity contribution in [2.24, 2.45) is 0 Å². The highest BCUT2D eigenvalue weighted by atomic mass is 35.5. The molecule has 0 spiro atoms. The van der Waals surface area contributed by atoms with Crippen molar-refractivity contribution in [1.29, 1.82) is 0 Å². The first-order chi connectivity index (χ1) is 9.51. The van der Waals surface area contributed by atoms with Crippen molar-refractivity contribution in [1.82, 2.24) is 10.3 Å². The Kier molecular flexibility index (Phi) is 4.83. The van der Waals surface area contributed by atoms with Gasteiger partial charge in [-0.1, -0.05) is 18.5 Å². The Hall–Kier alpha value is -1.83. The van der Waals surface area contributed by atoms with Gasteiger partial charge in [0.15, 0.2) is 0 Å². The number of nitrogens with zero attached hydrogens (tertiary/aromatic N) is 1. The fourth-order valence-electron chi connectivity index (χ4n) is 1.41. The fourth-order valence-corrected chi connectivity index (χ4v) is 1.63. The third kappa shape index (κ3) is 3.63. The number of rotatable bonds is 4. The van der Waals surface area contributed by atoms with Gasteiger partial charge in [0.05, 0.1) is 0 Å². The lowest BCUT2D eigenvalue weighted by atomic mass is 10.0. The Bertz CT molecular complexity index is 577. The van der Waals surface area contributed by atoms with Gasteiger partial charge >= 0.3 is 12.1 Å². The van der Waals surface area contributed by atoms with E-state index in [-0.39, 0.29) is 10.7 Å². The summed E-state index contributed by atoms with van der Waals surface area (Å²) >= 11 is 5.67. The zero-order chi connectivity index (χ0) is 16.4. The number of carboxylic acid groups (broad SMARTS) is 1. The Morgan fingerprint density at radius 1 is 1.38 bits per heavy atom. The van der Waals surface area contributed by atoms with Crippen molar-refractivity contribution in [3.8, 4) is 0 Å². The van der Waals surface area contributed by atoms with Gasteiger partial charge in [0.25, 0.3) is 5.91 Å². The largest absolute Gasteiger partial charge is 0.479 e. The molecule has 0 bridgehead atoms. The maximum atomic E-state index is 12.8. The zero-order valence-corrected chi connectivity index (χ0v) is 11.8. The van der Waals surface area contributed by atoms with E-state index in [2.05, 4.69) is 4.98 Å². The van der Waals surface area contributed by atoms with Crippen LogP contribution in [0.25, 0.3) is 0 Å². The van der Waals surface area contributed by atoms with E-state index >= 15 is 0 Å². The molecule has 1 heterocycles. The minimum atomic E-state index is -5.15. The van der Waals surface area contributed by atoms with Gasteiger partial charge in [0.1, 0.15) is 5.15 Å². The number of aromatic nitrogens is 1. The van der Waals surface area contributed by atoms with E-state index in [1.54, 1.807) is 6.92 Å². The van der Waals surface area contributed by atoms with E-state index in [1.165, 1.54) is 11.4 Å². The highest BCUT2D eigenvalue weighted by Gasteiger charge is 2.58. The molecule has 9 heteroatoms. The number of carbonyl (C=O) groups excluding carboxylic acids is 1. The number of pyridine rings is 1. The molecule has 1 aromatic rings. The minimum absolute atomic E-state index is 0.0662. The number of carbonyl (C=O) groups is 2. The summed E-state index contributed by atoms with van der Waals surface area (Å²) in [6, 6.07) is 2.31. The molecule has 1 atom stereocenters. The molecule has 0 aliphatic rings. The van der Waals surface area contributed by atoms with Crippen LogP contribution in [0.5, 0.6) is 0 Å². The van der Waals surface area contributed by atoms with E-state index in [1.807, 2.05) is 0 Å². The average Bonchev–Trinajstić information content (AvgIpc) is 2.36. The summed E-state index contributed by atoms with van der Waals surface area (Å²) in [5.41, 5.74) is -3.19. The maximum Gasteiger partial charge on any atom is 0.422 e. The highest BCUT2D eigenvalue weighted by Crippen LogP contribution is 2.30. The molecule has 5 nitrogen and oxygen atoms in total. The summed E-state index contributed by atoms with van der Waals surface area (Å²) in [5.74, 6) is -3.41. The summed E-state index contributed by atoms with van der Waals surface area (Å²) in [5, 5.41) is 10.2. The molecule has 1 amide bonds. The Morgan fingerprint density at radius 3 is 2.38 bits per heavy atom. The van der Waals surface area contributed by atoms with E-state index < -0.39 is 23.6 Å². The zero-order valence-electron chi connectivity index (χ0n) is 11.1. The lowest BCUT2D eigenvalue weighted by Crippen LogP contribution is -2.61. The van der Waals surface area contributed by atoms with Crippen LogP contribution in [-0.4, -0.2) is 33.7 Å².